The molecule has 0 saturated heterocycles. The van der Waals surface area contributed by atoms with Crippen molar-refractivity contribution < 1.29 is 13.9 Å². The summed E-state index contributed by atoms with van der Waals surface area (Å²) < 4.78 is 24.6. The van der Waals surface area contributed by atoms with Crippen molar-refractivity contribution in [2.24, 2.45) is 0 Å². The zero-order valence-corrected chi connectivity index (χ0v) is 11.8. The Bertz CT molecular complexity index is 558. The van der Waals surface area contributed by atoms with Crippen LogP contribution in [0.15, 0.2) is 18.3 Å². The van der Waals surface area contributed by atoms with Gasteiger partial charge >= 0.3 is 0 Å². The normalized spacial score (nSPS) is 12.2. The van der Waals surface area contributed by atoms with Crippen LogP contribution in [0.25, 0.3) is 0 Å². The Hall–Kier alpha value is -2.11. The van der Waals surface area contributed by atoms with Crippen molar-refractivity contribution in [1.29, 1.82) is 0 Å². The Kier molecular flexibility index (Phi) is 4.55. The molecule has 1 atom stereocenters. The molecule has 1 aromatic carbocycles. The van der Waals surface area contributed by atoms with Crippen LogP contribution >= 0.6 is 0 Å². The van der Waals surface area contributed by atoms with Gasteiger partial charge in [-0.1, -0.05) is 6.92 Å². The maximum atomic E-state index is 14.2. The monoisotopic (exact) mass is 279 g/mol. The van der Waals surface area contributed by atoms with Gasteiger partial charge in [-0.3, -0.25) is 0 Å². The predicted octanol–water partition coefficient (Wildman–Crippen LogP) is 2.70. The van der Waals surface area contributed by atoms with Crippen molar-refractivity contribution in [1.82, 2.24) is 15.4 Å². The van der Waals surface area contributed by atoms with E-state index in [4.69, 9.17) is 9.47 Å². The molecule has 1 aromatic heterocycles. The number of nitrogens with zero attached hydrogens (tertiary/aromatic N) is 2. The second-order valence-electron chi connectivity index (χ2n) is 4.50. The van der Waals surface area contributed by atoms with E-state index in [0.29, 0.717) is 23.5 Å². The van der Waals surface area contributed by atoms with E-state index in [9.17, 15) is 4.39 Å². The largest absolute Gasteiger partial charge is 0.493 e. The molecule has 1 unspecified atom stereocenters. The smallest absolute Gasteiger partial charge is 0.163 e. The number of halogens is 1. The van der Waals surface area contributed by atoms with Crippen LogP contribution in [0.2, 0.25) is 0 Å². The molecule has 0 saturated carbocycles. The number of H-pyrrole nitrogens is 1. The van der Waals surface area contributed by atoms with Crippen molar-refractivity contribution in [3.05, 3.63) is 35.4 Å². The molecule has 0 radical (unpaired) electrons. The maximum absolute atomic E-state index is 14.2. The topological polar surface area (TPSA) is 60.0 Å². The molecule has 0 fully saturated rings. The minimum absolute atomic E-state index is 0.0138. The Balaban J connectivity index is 2.33. The standard InChI is InChI=1S/C14H18FN3O2/c1-4-9(5-10-8-16-18-17-10)11-6-13(19-2)14(20-3)7-12(11)15/h6-9H,4-5H2,1-3H3,(H,16,17,18). The van der Waals surface area contributed by atoms with Crippen LogP contribution in [0.5, 0.6) is 11.5 Å². The van der Waals surface area contributed by atoms with Crippen LogP contribution in [0, 0.1) is 5.82 Å². The molecular weight excluding hydrogens is 261 g/mol. The first-order valence-electron chi connectivity index (χ1n) is 6.45. The molecule has 0 aliphatic heterocycles. The number of aromatic nitrogens is 3. The second kappa shape index (κ2) is 6.36. The molecule has 1 heterocycles. The van der Waals surface area contributed by atoms with Crippen LogP contribution in [0.1, 0.15) is 30.5 Å². The Morgan fingerprint density at radius 3 is 2.50 bits per heavy atom. The Morgan fingerprint density at radius 1 is 1.25 bits per heavy atom. The van der Waals surface area contributed by atoms with E-state index in [2.05, 4.69) is 15.4 Å². The zero-order chi connectivity index (χ0) is 14.5. The van der Waals surface area contributed by atoms with E-state index in [1.165, 1.54) is 20.3 Å². The number of aromatic amines is 1. The fraction of sp³-hybridized carbons (Fsp3) is 0.429. The number of ether oxygens (including phenoxy) is 2. The van der Waals surface area contributed by atoms with Crippen LogP contribution in [-0.4, -0.2) is 29.6 Å². The van der Waals surface area contributed by atoms with Gasteiger partial charge in [-0.15, -0.1) is 0 Å². The summed E-state index contributed by atoms with van der Waals surface area (Å²) in [5, 5.41) is 10.4. The summed E-state index contributed by atoms with van der Waals surface area (Å²) in [5.41, 5.74) is 1.42. The van der Waals surface area contributed by atoms with Crippen LogP contribution in [0.3, 0.4) is 0 Å². The van der Waals surface area contributed by atoms with Crippen molar-refractivity contribution in [2.75, 3.05) is 14.2 Å². The van der Waals surface area contributed by atoms with Gasteiger partial charge in [0.2, 0.25) is 0 Å². The van der Waals surface area contributed by atoms with Crippen LogP contribution in [-0.2, 0) is 6.42 Å². The first-order chi connectivity index (χ1) is 9.69. The summed E-state index contributed by atoms with van der Waals surface area (Å²) >= 11 is 0. The van der Waals surface area contributed by atoms with Crippen molar-refractivity contribution >= 4 is 0 Å². The molecule has 0 amide bonds. The molecule has 0 spiro atoms. The van der Waals surface area contributed by atoms with Gasteiger partial charge in [0.15, 0.2) is 11.5 Å². The molecule has 2 rings (SSSR count). The number of hydrogen-bond acceptors (Lipinski definition) is 4. The summed E-state index contributed by atoms with van der Waals surface area (Å²) in [6, 6.07) is 3.06. The third-order valence-corrected chi connectivity index (χ3v) is 3.36. The summed E-state index contributed by atoms with van der Waals surface area (Å²) in [4.78, 5) is 0. The SMILES string of the molecule is CCC(Cc1cn[nH]n1)c1cc(OC)c(OC)cc1F. The lowest BCUT2D eigenvalue weighted by molar-refractivity contribution is 0.350. The average Bonchev–Trinajstić information content (AvgIpc) is 2.97. The van der Waals surface area contributed by atoms with Crippen molar-refractivity contribution in [2.45, 2.75) is 25.7 Å². The minimum Gasteiger partial charge on any atom is -0.493 e. The molecular formula is C14H18FN3O2. The van der Waals surface area contributed by atoms with Gasteiger partial charge in [0, 0.05) is 12.5 Å². The minimum atomic E-state index is -0.294. The molecule has 108 valence electrons. The third kappa shape index (κ3) is 2.89. The quantitative estimate of drug-likeness (QED) is 0.883. The van der Waals surface area contributed by atoms with Gasteiger partial charge in [0.25, 0.3) is 0 Å². The molecule has 2 aromatic rings. The molecule has 1 N–H and O–H groups in total. The number of benzene rings is 1. The van der Waals surface area contributed by atoms with Gasteiger partial charge in [-0.2, -0.15) is 15.4 Å². The second-order valence-corrected chi connectivity index (χ2v) is 4.50. The van der Waals surface area contributed by atoms with Gasteiger partial charge in [0.1, 0.15) is 5.82 Å². The van der Waals surface area contributed by atoms with E-state index in [-0.39, 0.29) is 11.7 Å². The van der Waals surface area contributed by atoms with Gasteiger partial charge < -0.3 is 9.47 Å². The highest BCUT2D eigenvalue weighted by Crippen LogP contribution is 2.35. The summed E-state index contributed by atoms with van der Waals surface area (Å²) in [6.07, 6.45) is 3.07. The number of methoxy groups -OCH3 is 2. The number of rotatable bonds is 6. The fourth-order valence-electron chi connectivity index (χ4n) is 2.23. The maximum Gasteiger partial charge on any atom is 0.163 e. The van der Waals surface area contributed by atoms with Gasteiger partial charge in [-0.05, 0) is 24.0 Å². The highest BCUT2D eigenvalue weighted by molar-refractivity contribution is 5.45. The Labute approximate surface area is 117 Å². The highest BCUT2D eigenvalue weighted by Gasteiger charge is 2.19. The molecule has 0 bridgehead atoms. The number of nitrogens with one attached hydrogen (secondary N) is 1. The predicted molar refractivity (Wildman–Crippen MR) is 72.6 cm³/mol. The van der Waals surface area contributed by atoms with E-state index in [1.54, 1.807) is 12.3 Å². The lowest BCUT2D eigenvalue weighted by Crippen LogP contribution is -2.06. The highest BCUT2D eigenvalue weighted by atomic mass is 19.1. The first kappa shape index (κ1) is 14.3. The van der Waals surface area contributed by atoms with Crippen LogP contribution < -0.4 is 9.47 Å². The average molecular weight is 279 g/mol. The zero-order valence-electron chi connectivity index (χ0n) is 11.8. The first-order valence-corrected chi connectivity index (χ1v) is 6.45. The summed E-state index contributed by atoms with van der Waals surface area (Å²) in [6.45, 7) is 2.01. The van der Waals surface area contributed by atoms with E-state index >= 15 is 0 Å². The molecule has 5 nitrogen and oxygen atoms in total. The van der Waals surface area contributed by atoms with Crippen molar-refractivity contribution in [3.8, 4) is 11.5 Å². The summed E-state index contributed by atoms with van der Waals surface area (Å²) in [7, 11) is 3.03. The number of hydrogen-bond donors (Lipinski definition) is 1. The Morgan fingerprint density at radius 2 is 1.95 bits per heavy atom. The van der Waals surface area contributed by atoms with Crippen molar-refractivity contribution in [3.63, 3.8) is 0 Å². The molecule has 20 heavy (non-hydrogen) atoms. The molecule has 0 aliphatic carbocycles. The third-order valence-electron chi connectivity index (χ3n) is 3.36. The van der Waals surface area contributed by atoms with E-state index < -0.39 is 0 Å². The van der Waals surface area contributed by atoms with E-state index in [1.807, 2.05) is 6.92 Å². The lowest BCUT2D eigenvalue weighted by Gasteiger charge is -2.17. The van der Waals surface area contributed by atoms with Gasteiger partial charge in [-0.25, -0.2) is 4.39 Å². The fourth-order valence-corrected chi connectivity index (χ4v) is 2.23. The lowest BCUT2D eigenvalue weighted by atomic mass is 9.91. The van der Waals surface area contributed by atoms with E-state index in [0.717, 1.165) is 12.1 Å². The summed E-state index contributed by atoms with van der Waals surface area (Å²) in [5.74, 6) is 0.644. The molecule has 6 heteroatoms. The molecule has 0 aliphatic rings. The van der Waals surface area contributed by atoms with Crippen LogP contribution in [0.4, 0.5) is 4.39 Å². The van der Waals surface area contributed by atoms with Gasteiger partial charge in [0.05, 0.1) is 26.1 Å².